The highest BCUT2D eigenvalue weighted by Crippen LogP contribution is 2.35. The first kappa shape index (κ1) is 21.1. The molecule has 0 saturated heterocycles. The fourth-order valence-corrected chi connectivity index (χ4v) is 3.73. The van der Waals surface area contributed by atoms with Gasteiger partial charge in [0.15, 0.2) is 0 Å². The van der Waals surface area contributed by atoms with Crippen molar-refractivity contribution in [2.24, 2.45) is 0 Å². The van der Waals surface area contributed by atoms with Crippen LogP contribution in [0.1, 0.15) is 49.8 Å². The molecule has 0 aliphatic carbocycles. The predicted octanol–water partition coefficient (Wildman–Crippen LogP) is 7.96. The van der Waals surface area contributed by atoms with Crippen LogP contribution in [0, 0.1) is 0 Å². The van der Waals surface area contributed by atoms with Crippen LogP contribution in [-0.2, 0) is 19.3 Å². The number of hydrogen-bond acceptors (Lipinski definition) is 1. The zero-order valence-corrected chi connectivity index (χ0v) is 17.7. The summed E-state index contributed by atoms with van der Waals surface area (Å²) in [5.41, 5.74) is 7.37. The van der Waals surface area contributed by atoms with Gasteiger partial charge in [0.05, 0.1) is 6.67 Å². The van der Waals surface area contributed by atoms with Gasteiger partial charge in [-0.05, 0) is 78.8 Å². The SMILES string of the molecule is CCCc1ccc(N(c2ccc(CCC)cc2)c2ccc(CCCF)cc2)cc1. The van der Waals surface area contributed by atoms with Crippen LogP contribution >= 0.6 is 0 Å². The first-order valence-electron chi connectivity index (χ1n) is 10.9. The first-order chi connectivity index (χ1) is 14.2. The molecule has 0 unspecified atom stereocenters. The standard InChI is InChI=1S/C27H32FN/c1-3-6-22-9-15-25(16-10-22)29(26-17-11-23(7-4-2)12-18-26)27-19-13-24(14-20-27)8-5-21-28/h9-20H,3-8,21H2,1-2H3. The molecule has 0 saturated carbocycles. The fraction of sp³-hybridized carbons (Fsp3) is 0.333. The highest BCUT2D eigenvalue weighted by atomic mass is 19.1. The summed E-state index contributed by atoms with van der Waals surface area (Å²) in [4.78, 5) is 2.30. The molecular formula is C27H32FN. The third-order valence-electron chi connectivity index (χ3n) is 5.26. The fourth-order valence-electron chi connectivity index (χ4n) is 3.73. The van der Waals surface area contributed by atoms with Crippen molar-refractivity contribution in [2.45, 2.75) is 52.4 Å². The summed E-state index contributed by atoms with van der Waals surface area (Å²) in [6.45, 7) is 4.16. The Hall–Kier alpha value is -2.61. The van der Waals surface area contributed by atoms with Crippen LogP contribution in [0.5, 0.6) is 0 Å². The van der Waals surface area contributed by atoms with Gasteiger partial charge in [0.25, 0.3) is 0 Å². The highest BCUT2D eigenvalue weighted by molar-refractivity contribution is 5.76. The minimum absolute atomic E-state index is 0.262. The number of alkyl halides is 1. The van der Waals surface area contributed by atoms with Crippen LogP contribution in [0.15, 0.2) is 72.8 Å². The number of anilines is 3. The molecule has 0 atom stereocenters. The average Bonchev–Trinajstić information content (AvgIpc) is 2.76. The smallest absolute Gasteiger partial charge is 0.0897 e. The van der Waals surface area contributed by atoms with E-state index in [1.165, 1.54) is 16.7 Å². The van der Waals surface area contributed by atoms with Crippen LogP contribution in [0.2, 0.25) is 0 Å². The Morgan fingerprint density at radius 1 is 0.552 bits per heavy atom. The number of halogens is 1. The van der Waals surface area contributed by atoms with Crippen molar-refractivity contribution in [1.29, 1.82) is 0 Å². The van der Waals surface area contributed by atoms with Gasteiger partial charge in [-0.3, -0.25) is 4.39 Å². The number of rotatable bonds is 10. The summed E-state index contributed by atoms with van der Waals surface area (Å²) in [5.74, 6) is 0. The molecule has 0 fully saturated rings. The van der Waals surface area contributed by atoms with E-state index in [0.717, 1.165) is 49.2 Å². The Bertz CT molecular complexity index is 801. The zero-order chi connectivity index (χ0) is 20.5. The van der Waals surface area contributed by atoms with E-state index >= 15 is 0 Å². The molecule has 1 nitrogen and oxygen atoms in total. The molecule has 3 aromatic carbocycles. The molecular weight excluding hydrogens is 357 g/mol. The van der Waals surface area contributed by atoms with Crippen LogP contribution < -0.4 is 4.90 Å². The van der Waals surface area contributed by atoms with E-state index in [1.54, 1.807) is 0 Å². The molecule has 3 aromatic rings. The van der Waals surface area contributed by atoms with Crippen LogP contribution in [0.3, 0.4) is 0 Å². The lowest BCUT2D eigenvalue weighted by atomic mass is 10.1. The maximum absolute atomic E-state index is 12.5. The number of aryl methyl sites for hydroxylation is 3. The molecule has 0 aliphatic heterocycles. The van der Waals surface area contributed by atoms with Gasteiger partial charge in [0, 0.05) is 17.1 Å². The Balaban J connectivity index is 1.94. The summed E-state index contributed by atoms with van der Waals surface area (Å²) in [7, 11) is 0. The molecule has 0 heterocycles. The van der Waals surface area contributed by atoms with Gasteiger partial charge < -0.3 is 4.90 Å². The summed E-state index contributed by atoms with van der Waals surface area (Å²) in [6, 6.07) is 26.3. The topological polar surface area (TPSA) is 3.24 Å². The molecule has 0 bridgehead atoms. The van der Waals surface area contributed by atoms with Crippen molar-refractivity contribution >= 4 is 17.1 Å². The monoisotopic (exact) mass is 389 g/mol. The third-order valence-corrected chi connectivity index (χ3v) is 5.26. The first-order valence-corrected chi connectivity index (χ1v) is 10.9. The van der Waals surface area contributed by atoms with E-state index in [2.05, 4.69) is 91.5 Å². The van der Waals surface area contributed by atoms with Crippen molar-refractivity contribution < 1.29 is 4.39 Å². The Labute approximate surface area is 175 Å². The number of hydrogen-bond donors (Lipinski definition) is 0. The summed E-state index contributed by atoms with van der Waals surface area (Å²) in [6.07, 6.45) is 5.89. The largest absolute Gasteiger partial charge is 0.311 e. The van der Waals surface area contributed by atoms with Crippen LogP contribution in [-0.4, -0.2) is 6.67 Å². The molecule has 0 spiro atoms. The van der Waals surface area contributed by atoms with Crippen molar-refractivity contribution in [3.63, 3.8) is 0 Å². The lowest BCUT2D eigenvalue weighted by Gasteiger charge is -2.26. The second-order valence-corrected chi connectivity index (χ2v) is 7.63. The minimum Gasteiger partial charge on any atom is -0.311 e. The molecule has 152 valence electrons. The molecule has 0 N–H and O–H groups in total. The van der Waals surface area contributed by atoms with Crippen molar-refractivity contribution in [3.8, 4) is 0 Å². The molecule has 0 amide bonds. The number of nitrogens with zero attached hydrogens (tertiary/aromatic N) is 1. The van der Waals surface area contributed by atoms with Crippen LogP contribution in [0.4, 0.5) is 21.5 Å². The van der Waals surface area contributed by atoms with Crippen LogP contribution in [0.25, 0.3) is 0 Å². The van der Waals surface area contributed by atoms with Gasteiger partial charge in [-0.15, -0.1) is 0 Å². The van der Waals surface area contributed by atoms with Gasteiger partial charge >= 0.3 is 0 Å². The quantitative estimate of drug-likeness (QED) is 0.340. The Morgan fingerprint density at radius 3 is 1.21 bits per heavy atom. The summed E-state index contributed by atoms with van der Waals surface area (Å²) in [5, 5.41) is 0. The lowest BCUT2D eigenvalue weighted by molar-refractivity contribution is 0.473. The third kappa shape index (κ3) is 5.69. The zero-order valence-electron chi connectivity index (χ0n) is 17.7. The molecule has 0 radical (unpaired) electrons. The maximum Gasteiger partial charge on any atom is 0.0897 e. The van der Waals surface area contributed by atoms with Gasteiger partial charge in [-0.2, -0.15) is 0 Å². The van der Waals surface area contributed by atoms with Gasteiger partial charge in [0.2, 0.25) is 0 Å². The lowest BCUT2D eigenvalue weighted by Crippen LogP contribution is -2.10. The summed E-state index contributed by atoms with van der Waals surface area (Å²) < 4.78 is 12.5. The minimum atomic E-state index is -0.262. The van der Waals surface area contributed by atoms with Gasteiger partial charge in [-0.25, -0.2) is 0 Å². The number of benzene rings is 3. The molecule has 29 heavy (non-hydrogen) atoms. The Kier molecular flexibility index (Phi) is 7.86. The molecule has 0 aliphatic rings. The molecule has 2 heteroatoms. The predicted molar refractivity (Wildman–Crippen MR) is 123 cm³/mol. The average molecular weight is 390 g/mol. The van der Waals surface area contributed by atoms with E-state index in [0.29, 0.717) is 6.42 Å². The van der Waals surface area contributed by atoms with Gasteiger partial charge in [-0.1, -0.05) is 63.1 Å². The second-order valence-electron chi connectivity index (χ2n) is 7.63. The second kappa shape index (κ2) is 10.8. The van der Waals surface area contributed by atoms with Crippen molar-refractivity contribution in [2.75, 3.05) is 11.6 Å². The van der Waals surface area contributed by atoms with Crippen molar-refractivity contribution in [1.82, 2.24) is 0 Å². The highest BCUT2D eigenvalue weighted by Gasteiger charge is 2.12. The molecule has 3 rings (SSSR count). The van der Waals surface area contributed by atoms with Gasteiger partial charge in [0.1, 0.15) is 0 Å². The van der Waals surface area contributed by atoms with E-state index in [9.17, 15) is 4.39 Å². The Morgan fingerprint density at radius 2 is 0.897 bits per heavy atom. The molecule has 0 aromatic heterocycles. The van der Waals surface area contributed by atoms with E-state index in [1.807, 2.05) is 0 Å². The van der Waals surface area contributed by atoms with E-state index < -0.39 is 0 Å². The maximum atomic E-state index is 12.5. The van der Waals surface area contributed by atoms with E-state index in [4.69, 9.17) is 0 Å². The normalized spacial score (nSPS) is 10.9. The van der Waals surface area contributed by atoms with E-state index in [-0.39, 0.29) is 6.67 Å². The van der Waals surface area contributed by atoms with Crippen molar-refractivity contribution in [3.05, 3.63) is 89.5 Å². The summed E-state index contributed by atoms with van der Waals surface area (Å²) >= 11 is 0.